The second-order valence-corrected chi connectivity index (χ2v) is 4.34. The Kier molecular flexibility index (Phi) is 2.41. The van der Waals surface area contributed by atoms with Gasteiger partial charge < -0.3 is 10.0 Å². The Morgan fingerprint density at radius 1 is 1.67 bits per heavy atom. The number of β-amino-alcohol motifs (C(OH)–C–C–N with tert-alkyl or cyclic N) is 1. The molecular formula is C8H8N2O4S. The number of aliphatic hydroxyl groups is 1. The first-order valence-corrected chi connectivity index (χ1v) is 5.10. The number of nitro groups is 1. The summed E-state index contributed by atoms with van der Waals surface area (Å²) in [6.45, 7) is 0.770. The fourth-order valence-electron chi connectivity index (χ4n) is 1.46. The maximum absolute atomic E-state index is 10.7. The summed E-state index contributed by atoms with van der Waals surface area (Å²) in [7, 11) is 0. The molecular weight excluding hydrogens is 220 g/mol. The van der Waals surface area contributed by atoms with Gasteiger partial charge in [0, 0.05) is 13.1 Å². The van der Waals surface area contributed by atoms with Crippen molar-refractivity contribution in [1.82, 2.24) is 0 Å². The summed E-state index contributed by atoms with van der Waals surface area (Å²) in [4.78, 5) is 22.7. The summed E-state index contributed by atoms with van der Waals surface area (Å²) >= 11 is 0.856. The van der Waals surface area contributed by atoms with Gasteiger partial charge >= 0.3 is 5.00 Å². The number of nitrogens with zero attached hydrogens (tertiary/aromatic N) is 2. The first kappa shape index (κ1) is 10.1. The fourth-order valence-corrected chi connectivity index (χ4v) is 2.27. The number of rotatable bonds is 3. The van der Waals surface area contributed by atoms with E-state index in [1.54, 1.807) is 4.90 Å². The molecule has 0 unspecified atom stereocenters. The van der Waals surface area contributed by atoms with Crippen LogP contribution in [0, 0.1) is 10.1 Å². The second kappa shape index (κ2) is 3.59. The van der Waals surface area contributed by atoms with Crippen LogP contribution in [0.3, 0.4) is 0 Å². The lowest BCUT2D eigenvalue weighted by Gasteiger charge is -2.36. The molecule has 0 amide bonds. The SMILES string of the molecule is O=Cc1cc(N2CC(O)C2)c([N+](=O)[O-])s1. The van der Waals surface area contributed by atoms with Crippen LogP contribution in [0.25, 0.3) is 0 Å². The van der Waals surface area contributed by atoms with Crippen molar-refractivity contribution in [3.05, 3.63) is 21.1 Å². The van der Waals surface area contributed by atoms with Crippen LogP contribution in [0.2, 0.25) is 0 Å². The highest BCUT2D eigenvalue weighted by Crippen LogP contribution is 2.38. The molecule has 1 aliphatic rings. The summed E-state index contributed by atoms with van der Waals surface area (Å²) in [5.74, 6) is 0. The van der Waals surface area contributed by atoms with Gasteiger partial charge in [0.05, 0.1) is 15.9 Å². The van der Waals surface area contributed by atoms with E-state index in [9.17, 15) is 14.9 Å². The lowest BCUT2D eigenvalue weighted by molar-refractivity contribution is -0.379. The molecule has 80 valence electrons. The van der Waals surface area contributed by atoms with Crippen molar-refractivity contribution in [2.45, 2.75) is 6.10 Å². The van der Waals surface area contributed by atoms with Crippen LogP contribution in [0.4, 0.5) is 10.7 Å². The standard InChI is InChI=1S/C8H8N2O4S/c11-4-6-1-7(8(15-6)10(13)14)9-2-5(12)3-9/h1,4-5,12H,2-3H2. The molecule has 1 saturated heterocycles. The number of carbonyl (C=O) groups is 1. The fraction of sp³-hybridized carbons (Fsp3) is 0.375. The second-order valence-electron chi connectivity index (χ2n) is 3.27. The van der Waals surface area contributed by atoms with Gasteiger partial charge in [-0.25, -0.2) is 0 Å². The molecule has 0 spiro atoms. The quantitative estimate of drug-likeness (QED) is 0.466. The van der Waals surface area contributed by atoms with Gasteiger partial charge in [-0.2, -0.15) is 0 Å². The van der Waals surface area contributed by atoms with Crippen LogP contribution in [-0.4, -0.2) is 35.5 Å². The van der Waals surface area contributed by atoms with E-state index in [1.807, 2.05) is 0 Å². The van der Waals surface area contributed by atoms with E-state index in [2.05, 4.69) is 0 Å². The predicted octanol–water partition coefficient (Wildman–Crippen LogP) is 0.650. The summed E-state index contributed by atoms with van der Waals surface area (Å²) in [6, 6.07) is 1.49. The van der Waals surface area contributed by atoms with E-state index in [1.165, 1.54) is 6.07 Å². The molecule has 2 heterocycles. The van der Waals surface area contributed by atoms with Gasteiger partial charge in [0.1, 0.15) is 5.69 Å². The Balaban J connectivity index is 2.32. The predicted molar refractivity (Wildman–Crippen MR) is 54.6 cm³/mol. The van der Waals surface area contributed by atoms with Gasteiger partial charge in [-0.05, 0) is 6.07 Å². The summed E-state index contributed by atoms with van der Waals surface area (Å²) < 4.78 is 0. The average Bonchev–Trinajstić information content (AvgIpc) is 2.56. The molecule has 15 heavy (non-hydrogen) atoms. The zero-order valence-electron chi connectivity index (χ0n) is 7.62. The smallest absolute Gasteiger partial charge is 0.347 e. The number of anilines is 1. The maximum Gasteiger partial charge on any atom is 0.347 e. The Bertz CT molecular complexity index is 411. The molecule has 1 N–H and O–H groups in total. The van der Waals surface area contributed by atoms with E-state index in [-0.39, 0.29) is 5.00 Å². The van der Waals surface area contributed by atoms with Crippen LogP contribution in [0.5, 0.6) is 0 Å². The van der Waals surface area contributed by atoms with Gasteiger partial charge in [0.2, 0.25) is 0 Å². The minimum atomic E-state index is -0.502. The van der Waals surface area contributed by atoms with Gasteiger partial charge in [-0.15, -0.1) is 0 Å². The first-order valence-electron chi connectivity index (χ1n) is 4.28. The number of hydrogen-bond acceptors (Lipinski definition) is 6. The minimum absolute atomic E-state index is 0.0380. The lowest BCUT2D eigenvalue weighted by Crippen LogP contribution is -2.50. The first-order chi connectivity index (χ1) is 7.11. The highest BCUT2D eigenvalue weighted by atomic mass is 32.1. The van der Waals surface area contributed by atoms with E-state index < -0.39 is 11.0 Å². The van der Waals surface area contributed by atoms with E-state index in [0.29, 0.717) is 29.9 Å². The largest absolute Gasteiger partial charge is 0.389 e. The molecule has 1 aliphatic heterocycles. The number of aldehydes is 1. The van der Waals surface area contributed by atoms with Crippen LogP contribution < -0.4 is 4.90 Å². The molecule has 1 aromatic rings. The summed E-state index contributed by atoms with van der Waals surface area (Å²) in [5.41, 5.74) is 0.428. The molecule has 0 radical (unpaired) electrons. The molecule has 7 heteroatoms. The van der Waals surface area contributed by atoms with Crippen LogP contribution >= 0.6 is 11.3 Å². The van der Waals surface area contributed by atoms with Crippen molar-refractivity contribution in [2.24, 2.45) is 0 Å². The van der Waals surface area contributed by atoms with Gasteiger partial charge in [-0.1, -0.05) is 11.3 Å². The third-order valence-corrected chi connectivity index (χ3v) is 3.20. The Morgan fingerprint density at radius 3 is 2.80 bits per heavy atom. The van der Waals surface area contributed by atoms with E-state index in [0.717, 1.165) is 11.3 Å². The molecule has 2 rings (SSSR count). The number of hydrogen-bond donors (Lipinski definition) is 1. The van der Waals surface area contributed by atoms with Crippen molar-refractivity contribution < 1.29 is 14.8 Å². The molecule has 0 atom stereocenters. The molecule has 1 aromatic heterocycles. The number of carbonyl (C=O) groups excluding carboxylic acids is 1. The molecule has 1 fully saturated rings. The van der Waals surface area contributed by atoms with Crippen molar-refractivity contribution in [2.75, 3.05) is 18.0 Å². The minimum Gasteiger partial charge on any atom is -0.389 e. The third kappa shape index (κ3) is 1.71. The van der Waals surface area contributed by atoms with Gasteiger partial charge in [0.15, 0.2) is 6.29 Å². The van der Waals surface area contributed by atoms with Gasteiger partial charge in [0.25, 0.3) is 0 Å². The number of aliphatic hydroxyl groups excluding tert-OH is 1. The van der Waals surface area contributed by atoms with Gasteiger partial charge in [-0.3, -0.25) is 14.9 Å². The summed E-state index contributed by atoms with van der Waals surface area (Å²) in [5, 5.41) is 19.7. The topological polar surface area (TPSA) is 83.7 Å². The maximum atomic E-state index is 10.7. The molecule has 0 saturated carbocycles. The van der Waals surface area contributed by atoms with Crippen molar-refractivity contribution >= 4 is 28.3 Å². The van der Waals surface area contributed by atoms with E-state index >= 15 is 0 Å². The molecule has 0 aromatic carbocycles. The van der Waals surface area contributed by atoms with Crippen LogP contribution in [0.15, 0.2) is 6.07 Å². The van der Waals surface area contributed by atoms with Crippen LogP contribution in [0.1, 0.15) is 9.67 Å². The third-order valence-electron chi connectivity index (χ3n) is 2.20. The van der Waals surface area contributed by atoms with Crippen LogP contribution in [-0.2, 0) is 0 Å². The Labute approximate surface area is 88.9 Å². The molecule has 0 aliphatic carbocycles. The van der Waals surface area contributed by atoms with Crippen molar-refractivity contribution in [3.8, 4) is 0 Å². The van der Waals surface area contributed by atoms with Crippen molar-refractivity contribution in [1.29, 1.82) is 0 Å². The highest BCUT2D eigenvalue weighted by molar-refractivity contribution is 7.17. The molecule has 6 nitrogen and oxygen atoms in total. The highest BCUT2D eigenvalue weighted by Gasteiger charge is 2.31. The Morgan fingerprint density at radius 2 is 2.33 bits per heavy atom. The zero-order chi connectivity index (χ0) is 11.0. The number of thiophene rings is 1. The van der Waals surface area contributed by atoms with E-state index in [4.69, 9.17) is 5.11 Å². The summed E-state index contributed by atoms with van der Waals surface area (Å²) in [6.07, 6.45) is 0.168. The van der Waals surface area contributed by atoms with Crippen molar-refractivity contribution in [3.63, 3.8) is 0 Å². The average molecular weight is 228 g/mol. The lowest BCUT2D eigenvalue weighted by atomic mass is 10.1. The monoisotopic (exact) mass is 228 g/mol. The normalized spacial score (nSPS) is 16.2. The zero-order valence-corrected chi connectivity index (χ0v) is 8.44. The molecule has 0 bridgehead atoms. The Hall–Kier alpha value is -1.47.